The van der Waals surface area contributed by atoms with Gasteiger partial charge in [0.05, 0.1) is 5.75 Å². The van der Waals surface area contributed by atoms with E-state index in [4.69, 9.17) is 0 Å². The van der Waals surface area contributed by atoms with Gasteiger partial charge in [-0.25, -0.2) is 8.42 Å². The van der Waals surface area contributed by atoms with Crippen molar-refractivity contribution >= 4 is 15.5 Å². The molecule has 1 atom stereocenters. The number of hydrogen-bond donors (Lipinski definition) is 1. The fraction of sp³-hybridized carbons (Fsp3) is 0.500. The zero-order valence-electron chi connectivity index (χ0n) is 10.2. The summed E-state index contributed by atoms with van der Waals surface area (Å²) in [5.74, 6) is 0.153. The third kappa shape index (κ3) is 4.23. The van der Waals surface area contributed by atoms with Crippen molar-refractivity contribution in [2.24, 2.45) is 0 Å². The molecule has 16 heavy (non-hydrogen) atoms. The zero-order valence-corrected chi connectivity index (χ0v) is 11.1. The van der Waals surface area contributed by atoms with Crippen molar-refractivity contribution in [3.63, 3.8) is 0 Å². The Balaban J connectivity index is 2.70. The van der Waals surface area contributed by atoms with E-state index in [1.165, 1.54) is 17.4 Å². The molecular weight excluding hydrogens is 222 g/mol. The number of nitrogens with one attached hydrogen (secondary N) is 1. The van der Waals surface area contributed by atoms with Gasteiger partial charge < -0.3 is 5.32 Å². The van der Waals surface area contributed by atoms with Gasteiger partial charge in [-0.2, -0.15) is 0 Å². The molecule has 1 unspecified atom stereocenters. The largest absolute Gasteiger partial charge is 0.382 e. The van der Waals surface area contributed by atoms with Crippen LogP contribution in [-0.2, 0) is 9.84 Å². The first-order chi connectivity index (χ1) is 7.28. The average molecular weight is 241 g/mol. The normalized spacial score (nSPS) is 13.5. The highest BCUT2D eigenvalue weighted by atomic mass is 32.2. The molecular formula is C12H19NO2S. The van der Waals surface area contributed by atoms with Crippen molar-refractivity contribution in [1.29, 1.82) is 0 Å². The summed E-state index contributed by atoms with van der Waals surface area (Å²) < 4.78 is 22.2. The third-order valence-corrected chi connectivity index (χ3v) is 3.58. The second-order valence-electron chi connectivity index (χ2n) is 4.44. The Hall–Kier alpha value is -1.03. The molecule has 0 saturated heterocycles. The molecule has 90 valence electrons. The Bertz CT molecular complexity index is 466. The fourth-order valence-electron chi connectivity index (χ4n) is 1.61. The van der Waals surface area contributed by atoms with E-state index in [2.05, 4.69) is 12.2 Å². The van der Waals surface area contributed by atoms with E-state index in [0.717, 1.165) is 5.69 Å². The minimum absolute atomic E-state index is 0.0721. The van der Waals surface area contributed by atoms with Crippen molar-refractivity contribution in [2.75, 3.05) is 17.3 Å². The number of sulfone groups is 1. The van der Waals surface area contributed by atoms with Gasteiger partial charge >= 0.3 is 0 Å². The summed E-state index contributed by atoms with van der Waals surface area (Å²) in [6.07, 6.45) is 1.26. The van der Waals surface area contributed by atoms with Crippen molar-refractivity contribution in [3.8, 4) is 0 Å². The molecule has 0 aliphatic carbocycles. The number of anilines is 1. The van der Waals surface area contributed by atoms with E-state index in [-0.39, 0.29) is 11.8 Å². The monoisotopic (exact) mass is 241 g/mol. The van der Waals surface area contributed by atoms with E-state index >= 15 is 0 Å². The van der Waals surface area contributed by atoms with Gasteiger partial charge in [-0.1, -0.05) is 6.07 Å². The van der Waals surface area contributed by atoms with Crippen LogP contribution in [0.5, 0.6) is 0 Å². The first kappa shape index (κ1) is 13.0. The molecule has 0 saturated carbocycles. The predicted octanol–water partition coefficient (Wildman–Crippen LogP) is 2.15. The molecule has 0 radical (unpaired) electrons. The molecule has 1 aromatic carbocycles. The number of hydrogen-bond acceptors (Lipinski definition) is 3. The summed E-state index contributed by atoms with van der Waals surface area (Å²) in [5.41, 5.74) is 3.41. The highest BCUT2D eigenvalue weighted by Gasteiger charge is 2.10. The van der Waals surface area contributed by atoms with E-state index in [1.54, 1.807) is 0 Å². The summed E-state index contributed by atoms with van der Waals surface area (Å²) in [6, 6.07) is 5.97. The first-order valence-electron chi connectivity index (χ1n) is 5.29. The lowest BCUT2D eigenvalue weighted by atomic mass is 10.1. The molecule has 0 fully saturated rings. The van der Waals surface area contributed by atoms with E-state index in [1.807, 2.05) is 32.0 Å². The summed E-state index contributed by atoms with van der Waals surface area (Å²) in [6.45, 7) is 5.97. The van der Waals surface area contributed by atoms with Crippen molar-refractivity contribution < 1.29 is 8.42 Å². The summed E-state index contributed by atoms with van der Waals surface area (Å²) >= 11 is 0. The molecule has 1 N–H and O–H groups in total. The molecule has 3 nitrogen and oxygen atoms in total. The number of rotatable bonds is 4. The lowest BCUT2D eigenvalue weighted by Crippen LogP contribution is -2.24. The fourth-order valence-corrected chi connectivity index (χ4v) is 2.60. The Morgan fingerprint density at radius 1 is 1.25 bits per heavy atom. The molecule has 0 bridgehead atoms. The van der Waals surface area contributed by atoms with Crippen molar-refractivity contribution in [2.45, 2.75) is 26.8 Å². The molecule has 1 aromatic rings. The number of aryl methyl sites for hydroxylation is 2. The van der Waals surface area contributed by atoms with E-state index in [9.17, 15) is 8.42 Å². The Morgan fingerprint density at radius 2 is 1.88 bits per heavy atom. The Labute approximate surface area is 97.8 Å². The van der Waals surface area contributed by atoms with Gasteiger partial charge in [0.2, 0.25) is 0 Å². The van der Waals surface area contributed by atoms with Gasteiger partial charge in [0.25, 0.3) is 0 Å². The van der Waals surface area contributed by atoms with Crippen LogP contribution in [0, 0.1) is 13.8 Å². The van der Waals surface area contributed by atoms with Gasteiger partial charge in [-0.3, -0.25) is 0 Å². The molecule has 0 amide bonds. The third-order valence-electron chi connectivity index (χ3n) is 2.47. The van der Waals surface area contributed by atoms with Crippen molar-refractivity contribution in [1.82, 2.24) is 0 Å². The van der Waals surface area contributed by atoms with Crippen LogP contribution in [-0.4, -0.2) is 26.5 Å². The minimum Gasteiger partial charge on any atom is -0.382 e. The van der Waals surface area contributed by atoms with Gasteiger partial charge in [0.15, 0.2) is 0 Å². The van der Waals surface area contributed by atoms with Crippen LogP contribution in [0.1, 0.15) is 18.1 Å². The lowest BCUT2D eigenvalue weighted by Gasteiger charge is -2.15. The van der Waals surface area contributed by atoms with Gasteiger partial charge in [-0.05, 0) is 44.0 Å². The average Bonchev–Trinajstić information content (AvgIpc) is 2.08. The maximum Gasteiger partial charge on any atom is 0.149 e. The lowest BCUT2D eigenvalue weighted by molar-refractivity contribution is 0.598. The van der Waals surface area contributed by atoms with Gasteiger partial charge in [0, 0.05) is 18.0 Å². The molecule has 0 aliphatic rings. The van der Waals surface area contributed by atoms with Crippen molar-refractivity contribution in [3.05, 3.63) is 29.3 Å². The molecule has 4 heteroatoms. The predicted molar refractivity (Wildman–Crippen MR) is 68.7 cm³/mol. The highest BCUT2D eigenvalue weighted by Crippen LogP contribution is 2.15. The van der Waals surface area contributed by atoms with Gasteiger partial charge in [-0.15, -0.1) is 0 Å². The molecule has 0 spiro atoms. The molecule has 1 rings (SSSR count). The van der Waals surface area contributed by atoms with Crippen LogP contribution < -0.4 is 5.32 Å². The Kier molecular flexibility index (Phi) is 3.97. The summed E-state index contributed by atoms with van der Waals surface area (Å²) in [7, 11) is -2.92. The zero-order chi connectivity index (χ0) is 12.3. The van der Waals surface area contributed by atoms with Crippen LogP contribution in [0.2, 0.25) is 0 Å². The topological polar surface area (TPSA) is 46.2 Å². The maximum atomic E-state index is 11.1. The molecule has 0 aromatic heterocycles. The minimum atomic E-state index is -2.92. The maximum absolute atomic E-state index is 11.1. The smallest absolute Gasteiger partial charge is 0.149 e. The molecule has 0 heterocycles. The van der Waals surface area contributed by atoms with Gasteiger partial charge in [0.1, 0.15) is 9.84 Å². The highest BCUT2D eigenvalue weighted by molar-refractivity contribution is 7.90. The molecule has 0 aliphatic heterocycles. The van der Waals surface area contributed by atoms with Crippen LogP contribution >= 0.6 is 0 Å². The van der Waals surface area contributed by atoms with Crippen LogP contribution in [0.3, 0.4) is 0 Å². The van der Waals surface area contributed by atoms with E-state index < -0.39 is 9.84 Å². The van der Waals surface area contributed by atoms with Crippen LogP contribution in [0.15, 0.2) is 18.2 Å². The Morgan fingerprint density at radius 3 is 2.38 bits per heavy atom. The van der Waals surface area contributed by atoms with E-state index in [0.29, 0.717) is 0 Å². The van der Waals surface area contributed by atoms with Crippen LogP contribution in [0.25, 0.3) is 0 Å². The SMILES string of the molecule is Cc1ccc(NC(C)CS(C)(=O)=O)cc1C. The first-order valence-corrected chi connectivity index (χ1v) is 7.35. The second kappa shape index (κ2) is 4.87. The summed E-state index contributed by atoms with van der Waals surface area (Å²) in [5, 5.41) is 3.19. The second-order valence-corrected chi connectivity index (χ2v) is 6.62. The summed E-state index contributed by atoms with van der Waals surface area (Å²) in [4.78, 5) is 0. The number of benzene rings is 1. The van der Waals surface area contributed by atoms with Crippen LogP contribution in [0.4, 0.5) is 5.69 Å². The quantitative estimate of drug-likeness (QED) is 0.878. The standard InChI is InChI=1S/C12H19NO2S/c1-9-5-6-12(7-10(9)2)13-11(3)8-16(4,14)15/h5-7,11,13H,8H2,1-4H3.